The largest absolute Gasteiger partial charge is 0.353 e. The summed E-state index contributed by atoms with van der Waals surface area (Å²) >= 11 is 0. The number of fused-ring (bicyclic) bond motifs is 1. The van der Waals surface area contributed by atoms with Crippen molar-refractivity contribution in [1.82, 2.24) is 15.0 Å². The van der Waals surface area contributed by atoms with Crippen LogP contribution in [0.1, 0.15) is 0 Å². The molecule has 1 aromatic heterocycles. The van der Waals surface area contributed by atoms with E-state index in [0.29, 0.717) is 0 Å². The van der Waals surface area contributed by atoms with Gasteiger partial charge < -0.3 is 5.32 Å². The van der Waals surface area contributed by atoms with Crippen molar-refractivity contribution in [1.29, 1.82) is 0 Å². The number of nitrogens with zero attached hydrogens (tertiary/aromatic N) is 3. The number of hydrogen-bond donors (Lipinski definition) is 2. The molecule has 1 aliphatic heterocycles. The van der Waals surface area contributed by atoms with Crippen LogP contribution in [0.2, 0.25) is 0 Å². The van der Waals surface area contributed by atoms with E-state index >= 15 is 0 Å². The molecule has 0 spiro atoms. The van der Waals surface area contributed by atoms with Crippen LogP contribution in [0.4, 0.5) is 0 Å². The van der Waals surface area contributed by atoms with Crippen molar-refractivity contribution in [3.63, 3.8) is 0 Å². The van der Waals surface area contributed by atoms with Gasteiger partial charge in [-0.2, -0.15) is 0 Å². The molecule has 0 saturated carbocycles. The summed E-state index contributed by atoms with van der Waals surface area (Å²) in [6.07, 6.45) is 1.76. The number of guanidine groups is 1. The van der Waals surface area contributed by atoms with Crippen molar-refractivity contribution in [2.45, 2.75) is 0 Å². The van der Waals surface area contributed by atoms with E-state index in [1.54, 1.807) is 6.33 Å². The third-order valence-electron chi connectivity index (χ3n) is 2.35. The van der Waals surface area contributed by atoms with Crippen LogP contribution < -0.4 is 10.7 Å². The minimum atomic E-state index is 0. The predicted molar refractivity (Wildman–Crippen MR) is 73.9 cm³/mol. The predicted octanol–water partition coefficient (Wildman–Crippen LogP) is 1.38. The van der Waals surface area contributed by atoms with Gasteiger partial charge in [-0.1, -0.05) is 12.1 Å². The topological polar surface area (TPSA) is 54.2 Å². The fraction of sp³-hybridized carbons (Fsp3) is 0.200. The highest BCUT2D eigenvalue weighted by atomic mass is 35.5. The van der Waals surface area contributed by atoms with Gasteiger partial charge in [-0.05, 0) is 12.1 Å². The second-order valence-electron chi connectivity index (χ2n) is 3.37. The number of benzene rings is 1. The van der Waals surface area contributed by atoms with E-state index in [1.807, 2.05) is 28.9 Å². The molecule has 1 aromatic carbocycles. The van der Waals surface area contributed by atoms with Gasteiger partial charge in [0.15, 0.2) is 0 Å². The van der Waals surface area contributed by atoms with Crippen LogP contribution in [0, 0.1) is 0 Å². The molecular weight excluding hydrogens is 261 g/mol. The summed E-state index contributed by atoms with van der Waals surface area (Å²) in [6, 6.07) is 7.97. The number of nitrogens with one attached hydrogen (secondary N) is 2. The van der Waals surface area contributed by atoms with Gasteiger partial charge in [-0.25, -0.2) is 9.66 Å². The highest BCUT2D eigenvalue weighted by molar-refractivity contribution is 5.90. The molecule has 0 unspecified atom stereocenters. The molecule has 2 aromatic rings. The Labute approximate surface area is 111 Å². The van der Waals surface area contributed by atoms with Gasteiger partial charge in [0.05, 0.1) is 17.6 Å². The summed E-state index contributed by atoms with van der Waals surface area (Å²) in [5.41, 5.74) is 5.18. The fourth-order valence-electron chi connectivity index (χ4n) is 1.64. The molecule has 5 nitrogen and oxygen atoms in total. The summed E-state index contributed by atoms with van der Waals surface area (Å²) in [4.78, 5) is 8.54. The molecule has 0 fully saturated rings. The molecule has 0 saturated heterocycles. The first-order chi connectivity index (χ1) is 7.43. The normalized spacial score (nSPS) is 13.3. The SMILES string of the molecule is Cl.Cl.c1ccc2c(c1)ncn2NC1=NCCN1. The zero-order chi connectivity index (χ0) is 10.1. The molecule has 17 heavy (non-hydrogen) atoms. The van der Waals surface area contributed by atoms with E-state index in [4.69, 9.17) is 0 Å². The maximum absolute atomic E-state index is 4.28. The number of imidazole rings is 1. The molecule has 92 valence electrons. The van der Waals surface area contributed by atoms with Gasteiger partial charge in [0.25, 0.3) is 0 Å². The first kappa shape index (κ1) is 13.6. The molecule has 0 bridgehead atoms. The monoisotopic (exact) mass is 273 g/mol. The van der Waals surface area contributed by atoms with Crippen LogP contribution in [-0.2, 0) is 0 Å². The van der Waals surface area contributed by atoms with Crippen LogP contribution in [-0.4, -0.2) is 28.7 Å². The Morgan fingerprint density at radius 1 is 1.24 bits per heavy atom. The summed E-state index contributed by atoms with van der Waals surface area (Å²) in [5.74, 6) is 0.804. The maximum atomic E-state index is 4.28. The molecule has 7 heteroatoms. The molecule has 2 N–H and O–H groups in total. The Kier molecular flexibility index (Phi) is 4.60. The number of hydrogen-bond acceptors (Lipinski definition) is 4. The lowest BCUT2D eigenvalue weighted by atomic mass is 10.3. The quantitative estimate of drug-likeness (QED) is 0.826. The van der Waals surface area contributed by atoms with Gasteiger partial charge in [-0.3, -0.25) is 10.4 Å². The fourth-order valence-corrected chi connectivity index (χ4v) is 1.64. The zero-order valence-electron chi connectivity index (χ0n) is 8.96. The number of aromatic nitrogens is 2. The van der Waals surface area contributed by atoms with Crippen molar-refractivity contribution in [3.05, 3.63) is 30.6 Å². The van der Waals surface area contributed by atoms with E-state index in [-0.39, 0.29) is 24.8 Å². The lowest BCUT2D eigenvalue weighted by Gasteiger charge is -2.07. The van der Waals surface area contributed by atoms with Crippen LogP contribution in [0.5, 0.6) is 0 Å². The van der Waals surface area contributed by atoms with E-state index in [9.17, 15) is 0 Å². The first-order valence-corrected chi connectivity index (χ1v) is 4.91. The number of rotatable bonds is 1. The zero-order valence-corrected chi connectivity index (χ0v) is 10.6. The minimum absolute atomic E-state index is 0. The van der Waals surface area contributed by atoms with Crippen molar-refractivity contribution in [2.24, 2.45) is 4.99 Å². The number of para-hydroxylation sites is 2. The van der Waals surface area contributed by atoms with E-state index in [2.05, 4.69) is 20.7 Å². The van der Waals surface area contributed by atoms with Crippen molar-refractivity contribution in [2.75, 3.05) is 18.5 Å². The summed E-state index contributed by atoms with van der Waals surface area (Å²) in [6.45, 7) is 1.73. The lowest BCUT2D eigenvalue weighted by Crippen LogP contribution is -2.31. The lowest BCUT2D eigenvalue weighted by molar-refractivity contribution is 0.937. The van der Waals surface area contributed by atoms with Gasteiger partial charge in [0.1, 0.15) is 6.33 Å². The minimum Gasteiger partial charge on any atom is -0.353 e. The first-order valence-electron chi connectivity index (χ1n) is 4.91. The molecular formula is C10H13Cl2N5. The van der Waals surface area contributed by atoms with Gasteiger partial charge in [0, 0.05) is 6.54 Å². The average Bonchev–Trinajstić information content (AvgIpc) is 2.89. The highest BCUT2D eigenvalue weighted by Crippen LogP contribution is 2.09. The van der Waals surface area contributed by atoms with Gasteiger partial charge >= 0.3 is 0 Å². The maximum Gasteiger partial charge on any atom is 0.211 e. The molecule has 1 aliphatic rings. The van der Waals surface area contributed by atoms with Crippen LogP contribution in [0.15, 0.2) is 35.6 Å². The standard InChI is InChI=1S/C10H11N5.2ClH/c1-2-4-9-8(3-1)13-7-15(9)14-10-11-5-6-12-10;;/h1-4,7H,5-6H2,(H2,11,12,14);2*1H. The molecule has 0 amide bonds. The Morgan fingerprint density at radius 2 is 2.06 bits per heavy atom. The molecule has 3 rings (SSSR count). The van der Waals surface area contributed by atoms with Crippen LogP contribution in [0.3, 0.4) is 0 Å². The van der Waals surface area contributed by atoms with Crippen molar-refractivity contribution in [3.8, 4) is 0 Å². The molecule has 2 heterocycles. The Hall–Kier alpha value is -1.46. The number of halogens is 2. The van der Waals surface area contributed by atoms with Crippen LogP contribution in [0.25, 0.3) is 11.0 Å². The van der Waals surface area contributed by atoms with E-state index in [0.717, 1.165) is 30.1 Å². The average molecular weight is 274 g/mol. The van der Waals surface area contributed by atoms with Gasteiger partial charge in [0.2, 0.25) is 5.96 Å². The second-order valence-corrected chi connectivity index (χ2v) is 3.37. The third-order valence-corrected chi connectivity index (χ3v) is 2.35. The Bertz CT molecular complexity index is 522. The Morgan fingerprint density at radius 3 is 2.82 bits per heavy atom. The summed E-state index contributed by atoms with van der Waals surface area (Å²) < 4.78 is 1.87. The van der Waals surface area contributed by atoms with E-state index in [1.165, 1.54) is 0 Å². The highest BCUT2D eigenvalue weighted by Gasteiger charge is 2.06. The Balaban J connectivity index is 0.000000722. The van der Waals surface area contributed by atoms with Crippen molar-refractivity contribution >= 4 is 41.8 Å². The van der Waals surface area contributed by atoms with E-state index < -0.39 is 0 Å². The molecule has 0 atom stereocenters. The third kappa shape index (κ3) is 2.62. The second kappa shape index (κ2) is 5.75. The van der Waals surface area contributed by atoms with Crippen LogP contribution >= 0.6 is 24.8 Å². The smallest absolute Gasteiger partial charge is 0.211 e. The van der Waals surface area contributed by atoms with Gasteiger partial charge in [-0.15, -0.1) is 24.8 Å². The summed E-state index contributed by atoms with van der Waals surface area (Å²) in [5, 5.41) is 3.15. The molecule has 0 radical (unpaired) electrons. The molecule has 0 aliphatic carbocycles. The number of aliphatic imine (C=N–C) groups is 1. The van der Waals surface area contributed by atoms with Crippen molar-refractivity contribution < 1.29 is 0 Å². The summed E-state index contributed by atoms with van der Waals surface area (Å²) in [7, 11) is 0.